The van der Waals surface area contributed by atoms with Crippen LogP contribution in [0.4, 0.5) is 11.4 Å². The second kappa shape index (κ2) is 11.4. The monoisotopic (exact) mass is 484 g/mol. The zero-order chi connectivity index (χ0) is 24.6. The third-order valence-electron chi connectivity index (χ3n) is 4.98. The lowest BCUT2D eigenvalue weighted by atomic mass is 10.2. The molecule has 9 heteroatoms. The molecule has 0 spiro atoms. The highest BCUT2D eigenvalue weighted by Crippen LogP contribution is 2.29. The Balaban J connectivity index is 1.63. The number of ether oxygens (including phenoxy) is 3. The van der Waals surface area contributed by atoms with E-state index in [0.29, 0.717) is 30.2 Å². The van der Waals surface area contributed by atoms with Gasteiger partial charge in [0.05, 0.1) is 20.8 Å². The zero-order valence-electron chi connectivity index (χ0n) is 19.3. The van der Waals surface area contributed by atoms with Crippen molar-refractivity contribution in [1.29, 1.82) is 0 Å². The molecule has 0 aliphatic rings. The summed E-state index contributed by atoms with van der Waals surface area (Å²) in [5.74, 6) is 1.31. The number of hydrogen-bond acceptors (Lipinski definition) is 6. The van der Waals surface area contributed by atoms with E-state index < -0.39 is 10.0 Å². The van der Waals surface area contributed by atoms with Crippen LogP contribution in [0.15, 0.2) is 71.6 Å². The van der Waals surface area contributed by atoms with Gasteiger partial charge in [0.15, 0.2) is 0 Å². The number of hydrogen-bond donors (Lipinski definition) is 2. The first-order chi connectivity index (χ1) is 16.3. The minimum atomic E-state index is -3.98. The van der Waals surface area contributed by atoms with Gasteiger partial charge >= 0.3 is 0 Å². The molecule has 0 aliphatic carbocycles. The molecule has 8 nitrogen and oxygen atoms in total. The van der Waals surface area contributed by atoms with Gasteiger partial charge in [-0.25, -0.2) is 8.42 Å². The van der Waals surface area contributed by atoms with E-state index >= 15 is 0 Å². The van der Waals surface area contributed by atoms with Crippen molar-refractivity contribution in [2.75, 3.05) is 30.9 Å². The largest absolute Gasteiger partial charge is 0.497 e. The molecule has 0 aliphatic heterocycles. The lowest BCUT2D eigenvalue weighted by Crippen LogP contribution is -2.16. The summed E-state index contributed by atoms with van der Waals surface area (Å²) in [7, 11) is -1.06. The maximum absolute atomic E-state index is 13.0. The standard InChI is InChI=1S/C25H28N2O6S/c1-18-7-4-5-8-22(18)33-16-6-9-25(28)26-20-12-15-23(32-3)24(17-20)34(29,30)27-19-10-13-21(31-2)14-11-19/h4-5,7-8,10-15,17,27H,6,9,16H2,1-3H3,(H,26,28). The third kappa shape index (κ3) is 6.64. The summed E-state index contributed by atoms with van der Waals surface area (Å²) in [5.41, 5.74) is 1.74. The highest BCUT2D eigenvalue weighted by Gasteiger charge is 2.21. The van der Waals surface area contributed by atoms with Gasteiger partial charge in [-0.2, -0.15) is 0 Å². The Hall–Kier alpha value is -3.72. The quantitative estimate of drug-likeness (QED) is 0.385. The van der Waals surface area contributed by atoms with Gasteiger partial charge in [0.1, 0.15) is 22.1 Å². The number of nitrogens with one attached hydrogen (secondary N) is 2. The van der Waals surface area contributed by atoms with Crippen molar-refractivity contribution in [2.24, 2.45) is 0 Å². The Labute approximate surface area is 199 Å². The van der Waals surface area contributed by atoms with Crippen molar-refractivity contribution >= 4 is 27.3 Å². The number of sulfonamides is 1. The van der Waals surface area contributed by atoms with Gasteiger partial charge in [-0.3, -0.25) is 9.52 Å². The van der Waals surface area contributed by atoms with Gasteiger partial charge in [0.2, 0.25) is 5.91 Å². The molecule has 34 heavy (non-hydrogen) atoms. The topological polar surface area (TPSA) is 103 Å². The highest BCUT2D eigenvalue weighted by atomic mass is 32.2. The summed E-state index contributed by atoms with van der Waals surface area (Å²) in [6, 6.07) is 18.6. The molecule has 0 fully saturated rings. The molecule has 3 aromatic carbocycles. The van der Waals surface area contributed by atoms with E-state index in [1.165, 1.54) is 26.4 Å². The van der Waals surface area contributed by atoms with Crippen molar-refractivity contribution in [2.45, 2.75) is 24.7 Å². The van der Waals surface area contributed by atoms with Crippen LogP contribution in [0.2, 0.25) is 0 Å². The number of anilines is 2. The number of carbonyl (C=O) groups excluding carboxylic acids is 1. The second-order valence-electron chi connectivity index (χ2n) is 7.47. The fraction of sp³-hybridized carbons (Fsp3) is 0.240. The van der Waals surface area contributed by atoms with Crippen molar-refractivity contribution in [1.82, 2.24) is 0 Å². The Morgan fingerprint density at radius 1 is 0.882 bits per heavy atom. The molecular formula is C25H28N2O6S. The van der Waals surface area contributed by atoms with Crippen LogP contribution in [0.3, 0.4) is 0 Å². The summed E-state index contributed by atoms with van der Waals surface area (Å²) in [6.45, 7) is 2.35. The average molecular weight is 485 g/mol. The Morgan fingerprint density at radius 2 is 1.59 bits per heavy atom. The maximum Gasteiger partial charge on any atom is 0.265 e. The molecule has 1 amide bonds. The second-order valence-corrected chi connectivity index (χ2v) is 9.12. The van der Waals surface area contributed by atoms with Crippen molar-refractivity contribution < 1.29 is 27.4 Å². The van der Waals surface area contributed by atoms with Crippen molar-refractivity contribution in [3.63, 3.8) is 0 Å². The van der Waals surface area contributed by atoms with Crippen molar-refractivity contribution in [3.05, 3.63) is 72.3 Å². The Kier molecular flexibility index (Phi) is 8.37. The first-order valence-electron chi connectivity index (χ1n) is 10.7. The van der Waals surface area contributed by atoms with Gasteiger partial charge < -0.3 is 19.5 Å². The fourth-order valence-electron chi connectivity index (χ4n) is 3.19. The number of aryl methyl sites for hydroxylation is 1. The number of para-hydroxylation sites is 1. The summed E-state index contributed by atoms with van der Waals surface area (Å²) < 4.78 is 44.5. The minimum Gasteiger partial charge on any atom is -0.497 e. The molecule has 0 saturated carbocycles. The van der Waals surface area contributed by atoms with Crippen LogP contribution >= 0.6 is 0 Å². The molecule has 3 aromatic rings. The van der Waals surface area contributed by atoms with Crippen LogP contribution in [0.25, 0.3) is 0 Å². The first-order valence-corrected chi connectivity index (χ1v) is 12.1. The number of carbonyl (C=O) groups is 1. The highest BCUT2D eigenvalue weighted by molar-refractivity contribution is 7.92. The van der Waals surface area contributed by atoms with E-state index in [-0.39, 0.29) is 23.0 Å². The van der Waals surface area contributed by atoms with E-state index in [9.17, 15) is 13.2 Å². The lowest BCUT2D eigenvalue weighted by molar-refractivity contribution is -0.116. The number of benzene rings is 3. The number of methoxy groups -OCH3 is 2. The zero-order valence-corrected chi connectivity index (χ0v) is 20.1. The minimum absolute atomic E-state index is 0.0912. The van der Waals surface area contributed by atoms with Crippen LogP contribution in [-0.2, 0) is 14.8 Å². The average Bonchev–Trinajstić information content (AvgIpc) is 2.83. The molecule has 2 N–H and O–H groups in total. The van der Waals surface area contributed by atoms with Crippen LogP contribution in [0.1, 0.15) is 18.4 Å². The number of rotatable bonds is 11. The van der Waals surface area contributed by atoms with E-state index in [4.69, 9.17) is 14.2 Å². The molecule has 0 aromatic heterocycles. The third-order valence-corrected chi connectivity index (χ3v) is 6.38. The molecule has 180 valence electrons. The van der Waals surface area contributed by atoms with E-state index in [2.05, 4.69) is 10.0 Å². The van der Waals surface area contributed by atoms with Gasteiger partial charge in [-0.1, -0.05) is 18.2 Å². The molecule has 0 bridgehead atoms. The molecule has 0 saturated heterocycles. The van der Waals surface area contributed by atoms with Gasteiger partial charge in [0, 0.05) is 17.8 Å². The molecule has 3 rings (SSSR count). The lowest BCUT2D eigenvalue weighted by Gasteiger charge is -2.14. The van der Waals surface area contributed by atoms with Crippen LogP contribution in [0.5, 0.6) is 17.2 Å². The number of amides is 1. The van der Waals surface area contributed by atoms with Crippen LogP contribution in [0, 0.1) is 6.92 Å². The smallest absolute Gasteiger partial charge is 0.265 e. The Bertz CT molecular complexity index is 1230. The predicted molar refractivity (Wildman–Crippen MR) is 131 cm³/mol. The fourth-order valence-corrected chi connectivity index (χ4v) is 4.45. The van der Waals surface area contributed by atoms with Crippen LogP contribution < -0.4 is 24.2 Å². The molecular weight excluding hydrogens is 456 g/mol. The molecule has 0 atom stereocenters. The summed E-state index contributed by atoms with van der Waals surface area (Å²) in [5, 5.41) is 2.74. The summed E-state index contributed by atoms with van der Waals surface area (Å²) in [6.07, 6.45) is 0.741. The summed E-state index contributed by atoms with van der Waals surface area (Å²) >= 11 is 0. The van der Waals surface area contributed by atoms with E-state index in [1.807, 2.05) is 31.2 Å². The SMILES string of the molecule is COc1ccc(NS(=O)(=O)c2cc(NC(=O)CCCOc3ccccc3C)ccc2OC)cc1. The van der Waals surface area contributed by atoms with Crippen molar-refractivity contribution in [3.8, 4) is 17.2 Å². The Morgan fingerprint density at radius 3 is 2.26 bits per heavy atom. The van der Waals surface area contributed by atoms with Gasteiger partial charge in [-0.15, -0.1) is 0 Å². The van der Waals surface area contributed by atoms with E-state index in [1.54, 1.807) is 30.3 Å². The van der Waals surface area contributed by atoms with Gasteiger partial charge in [0.25, 0.3) is 10.0 Å². The molecule has 0 radical (unpaired) electrons. The van der Waals surface area contributed by atoms with Gasteiger partial charge in [-0.05, 0) is 67.4 Å². The summed E-state index contributed by atoms with van der Waals surface area (Å²) in [4.78, 5) is 12.3. The van der Waals surface area contributed by atoms with Crippen LogP contribution in [-0.4, -0.2) is 35.2 Å². The predicted octanol–water partition coefficient (Wildman–Crippen LogP) is 4.61. The van der Waals surface area contributed by atoms with E-state index in [0.717, 1.165) is 11.3 Å². The molecule has 0 heterocycles. The normalized spacial score (nSPS) is 10.9. The molecule has 0 unspecified atom stereocenters. The first kappa shape index (κ1) is 24.9. The maximum atomic E-state index is 13.0.